The first-order valence-corrected chi connectivity index (χ1v) is 11.5. The molecule has 3 aromatic rings. The molecule has 0 saturated carbocycles. The van der Waals surface area contributed by atoms with Gasteiger partial charge >= 0.3 is 0 Å². The summed E-state index contributed by atoms with van der Waals surface area (Å²) >= 11 is 1.52. The molecule has 0 spiro atoms. The van der Waals surface area contributed by atoms with E-state index in [1.807, 2.05) is 25.1 Å². The summed E-state index contributed by atoms with van der Waals surface area (Å²) in [4.78, 5) is 43.5. The van der Waals surface area contributed by atoms with Crippen LogP contribution in [0.15, 0.2) is 35.4 Å². The molecule has 0 saturated heterocycles. The van der Waals surface area contributed by atoms with Crippen molar-refractivity contribution in [2.24, 2.45) is 0 Å². The van der Waals surface area contributed by atoms with Crippen LogP contribution < -0.4 is 16.4 Å². The lowest BCUT2D eigenvalue weighted by atomic mass is 10.00. The molecule has 1 aliphatic carbocycles. The van der Waals surface area contributed by atoms with Crippen molar-refractivity contribution in [3.63, 3.8) is 0 Å². The zero-order chi connectivity index (χ0) is 21.8. The van der Waals surface area contributed by atoms with Gasteiger partial charge in [0.1, 0.15) is 0 Å². The van der Waals surface area contributed by atoms with E-state index in [-0.39, 0.29) is 30.3 Å². The van der Waals surface area contributed by atoms with Crippen molar-refractivity contribution in [3.05, 3.63) is 61.8 Å². The van der Waals surface area contributed by atoms with Crippen molar-refractivity contribution in [1.29, 1.82) is 0 Å². The molecule has 0 atom stereocenters. The Balaban J connectivity index is 1.33. The number of para-hydroxylation sites is 1. The third-order valence-corrected chi connectivity index (χ3v) is 6.91. The molecular formula is C23H26N4O3S. The molecule has 0 fully saturated rings. The van der Waals surface area contributed by atoms with Crippen LogP contribution in [-0.2, 0) is 24.2 Å². The van der Waals surface area contributed by atoms with Crippen LogP contribution in [0.2, 0.25) is 0 Å². The number of nitrogens with zero attached hydrogens (tertiary/aromatic N) is 2. The van der Waals surface area contributed by atoms with Crippen LogP contribution in [0, 0.1) is 6.92 Å². The van der Waals surface area contributed by atoms with Gasteiger partial charge in [0.25, 0.3) is 11.5 Å². The number of aryl methyl sites for hydroxylation is 4. The fourth-order valence-corrected chi connectivity index (χ4v) is 5.07. The minimum atomic E-state index is -0.362. The van der Waals surface area contributed by atoms with Gasteiger partial charge in [0.2, 0.25) is 5.91 Å². The average Bonchev–Trinajstić information content (AvgIpc) is 3.14. The molecular weight excluding hydrogens is 412 g/mol. The number of benzene rings is 1. The van der Waals surface area contributed by atoms with Crippen LogP contribution in [0.4, 0.5) is 0 Å². The summed E-state index contributed by atoms with van der Waals surface area (Å²) in [5, 5.41) is 0.532. The molecule has 2 amide bonds. The van der Waals surface area contributed by atoms with Crippen molar-refractivity contribution in [3.8, 4) is 0 Å². The number of hydrogen-bond acceptors (Lipinski definition) is 5. The molecule has 0 aliphatic heterocycles. The SMILES string of the molecule is Cc1cccc2c(=O)n(CCC(=O)NNC(=O)c3cc4c(s3)CCCCCC4)cnc12. The van der Waals surface area contributed by atoms with Gasteiger partial charge in [-0.25, -0.2) is 4.98 Å². The molecule has 0 bridgehead atoms. The molecule has 4 rings (SSSR count). The van der Waals surface area contributed by atoms with Gasteiger partial charge in [-0.05, 0) is 55.9 Å². The number of hydrogen-bond donors (Lipinski definition) is 2. The van der Waals surface area contributed by atoms with Gasteiger partial charge in [0.05, 0.1) is 22.1 Å². The first-order valence-electron chi connectivity index (χ1n) is 10.7. The van der Waals surface area contributed by atoms with Crippen LogP contribution in [0.25, 0.3) is 10.9 Å². The van der Waals surface area contributed by atoms with E-state index in [4.69, 9.17) is 0 Å². The van der Waals surface area contributed by atoms with Gasteiger partial charge in [-0.15, -0.1) is 11.3 Å². The lowest BCUT2D eigenvalue weighted by Gasteiger charge is -2.09. The van der Waals surface area contributed by atoms with Crippen LogP contribution >= 0.6 is 11.3 Å². The molecule has 2 aromatic heterocycles. The minimum Gasteiger partial charge on any atom is -0.298 e. The predicted octanol–water partition coefficient (Wildman–Crippen LogP) is 3.28. The van der Waals surface area contributed by atoms with E-state index in [2.05, 4.69) is 15.8 Å². The number of nitrogens with one attached hydrogen (secondary N) is 2. The Kier molecular flexibility index (Phi) is 6.46. The quantitative estimate of drug-likeness (QED) is 0.612. The summed E-state index contributed by atoms with van der Waals surface area (Å²) in [6.07, 6.45) is 8.35. The van der Waals surface area contributed by atoms with Gasteiger partial charge in [-0.2, -0.15) is 0 Å². The van der Waals surface area contributed by atoms with Gasteiger partial charge in [0, 0.05) is 17.8 Å². The van der Waals surface area contributed by atoms with E-state index in [0.717, 1.165) is 31.2 Å². The Labute approximate surface area is 184 Å². The molecule has 2 heterocycles. The van der Waals surface area contributed by atoms with Crippen molar-refractivity contribution >= 4 is 34.1 Å². The van der Waals surface area contributed by atoms with E-state index >= 15 is 0 Å². The third-order valence-electron chi connectivity index (χ3n) is 5.67. The van der Waals surface area contributed by atoms with E-state index in [1.54, 1.807) is 6.07 Å². The number of carbonyl (C=O) groups is 2. The number of carbonyl (C=O) groups excluding carboxylic acids is 2. The monoisotopic (exact) mass is 438 g/mol. The first-order chi connectivity index (χ1) is 15.0. The van der Waals surface area contributed by atoms with E-state index in [9.17, 15) is 14.4 Å². The van der Waals surface area contributed by atoms with Crippen molar-refractivity contribution in [2.45, 2.75) is 58.4 Å². The number of thiophene rings is 1. The Morgan fingerprint density at radius 1 is 1.13 bits per heavy atom. The summed E-state index contributed by atoms with van der Waals surface area (Å²) < 4.78 is 1.42. The van der Waals surface area contributed by atoms with Crippen LogP contribution in [0.1, 0.15) is 57.8 Å². The lowest BCUT2D eigenvalue weighted by molar-refractivity contribution is -0.122. The number of fused-ring (bicyclic) bond motifs is 2. The summed E-state index contributed by atoms with van der Waals surface area (Å²) in [5.74, 6) is -0.662. The van der Waals surface area contributed by atoms with Gasteiger partial charge in [-0.1, -0.05) is 25.0 Å². The van der Waals surface area contributed by atoms with Crippen LogP contribution in [-0.4, -0.2) is 21.4 Å². The Hall–Kier alpha value is -3.00. The second kappa shape index (κ2) is 9.43. The van der Waals surface area contributed by atoms with Gasteiger partial charge < -0.3 is 0 Å². The van der Waals surface area contributed by atoms with Crippen molar-refractivity contribution in [2.75, 3.05) is 0 Å². The van der Waals surface area contributed by atoms with Crippen molar-refractivity contribution < 1.29 is 9.59 Å². The highest BCUT2D eigenvalue weighted by molar-refractivity contribution is 7.14. The maximum Gasteiger partial charge on any atom is 0.279 e. The zero-order valence-corrected chi connectivity index (χ0v) is 18.4. The van der Waals surface area contributed by atoms with E-state index < -0.39 is 0 Å². The zero-order valence-electron chi connectivity index (χ0n) is 17.6. The van der Waals surface area contributed by atoms with Crippen molar-refractivity contribution in [1.82, 2.24) is 20.4 Å². The summed E-state index contributed by atoms with van der Waals surface area (Å²) in [6.45, 7) is 2.09. The molecule has 0 unspecified atom stereocenters. The summed E-state index contributed by atoms with van der Waals surface area (Å²) in [5.41, 5.74) is 7.64. The van der Waals surface area contributed by atoms with E-state index in [1.165, 1.54) is 45.5 Å². The summed E-state index contributed by atoms with van der Waals surface area (Å²) in [7, 11) is 0. The molecule has 31 heavy (non-hydrogen) atoms. The maximum atomic E-state index is 12.6. The highest BCUT2D eigenvalue weighted by Gasteiger charge is 2.16. The number of hydrazine groups is 1. The second-order valence-corrected chi connectivity index (χ2v) is 9.08. The molecule has 1 aromatic carbocycles. The highest BCUT2D eigenvalue weighted by Crippen LogP contribution is 2.28. The number of rotatable bonds is 4. The predicted molar refractivity (Wildman–Crippen MR) is 121 cm³/mol. The first kappa shape index (κ1) is 21.2. The molecule has 7 nitrogen and oxygen atoms in total. The largest absolute Gasteiger partial charge is 0.298 e. The fraction of sp³-hybridized carbons (Fsp3) is 0.391. The highest BCUT2D eigenvalue weighted by atomic mass is 32.1. The molecule has 1 aliphatic rings. The standard InChI is InChI=1S/C23H26N4O3S/c1-15-7-6-9-17-21(15)24-14-27(23(17)30)12-11-20(28)25-26-22(29)19-13-16-8-4-2-3-5-10-18(16)31-19/h6-7,9,13-14H,2-5,8,10-12H2,1H3,(H,25,28)(H,26,29). The van der Waals surface area contributed by atoms with Gasteiger partial charge in [0.15, 0.2) is 0 Å². The second-order valence-electron chi connectivity index (χ2n) is 7.94. The van der Waals surface area contributed by atoms with Gasteiger partial charge in [-0.3, -0.25) is 29.8 Å². The average molecular weight is 439 g/mol. The lowest BCUT2D eigenvalue weighted by Crippen LogP contribution is -2.41. The Morgan fingerprint density at radius 3 is 2.77 bits per heavy atom. The minimum absolute atomic E-state index is 0.0557. The van der Waals surface area contributed by atoms with Crippen LogP contribution in [0.5, 0.6) is 0 Å². The fourth-order valence-electron chi connectivity index (χ4n) is 3.93. The van der Waals surface area contributed by atoms with E-state index in [0.29, 0.717) is 15.8 Å². The molecule has 162 valence electrons. The normalized spacial score (nSPS) is 13.8. The van der Waals surface area contributed by atoms with Crippen LogP contribution in [0.3, 0.4) is 0 Å². The molecule has 8 heteroatoms. The maximum absolute atomic E-state index is 12.6. The Morgan fingerprint density at radius 2 is 1.94 bits per heavy atom. The number of amides is 2. The number of aromatic nitrogens is 2. The topological polar surface area (TPSA) is 93.1 Å². The smallest absolute Gasteiger partial charge is 0.279 e. The molecule has 0 radical (unpaired) electrons. The molecule has 2 N–H and O–H groups in total. The summed E-state index contributed by atoms with van der Waals surface area (Å²) in [6, 6.07) is 7.41. The Bertz CT molecular complexity index is 1160. The third kappa shape index (κ3) is 4.85.